The molecule has 0 radical (unpaired) electrons. The van der Waals surface area contributed by atoms with E-state index < -0.39 is 18.2 Å². The van der Waals surface area contributed by atoms with Crippen LogP contribution in [0.3, 0.4) is 0 Å². The molecule has 0 saturated carbocycles. The van der Waals surface area contributed by atoms with Crippen molar-refractivity contribution in [2.45, 2.75) is 38.9 Å². The smallest absolute Gasteiger partial charge is 0.337 e. The summed E-state index contributed by atoms with van der Waals surface area (Å²) in [5.74, 6) is -0.751. The van der Waals surface area contributed by atoms with Crippen LogP contribution in [0.4, 0.5) is 0 Å². The molecular formula is C8H16O4. The molecule has 72 valence electrons. The lowest BCUT2D eigenvalue weighted by Gasteiger charge is -2.14. The topological polar surface area (TPSA) is 66.8 Å². The average Bonchev–Trinajstić information content (AvgIpc) is 2.04. The Morgan fingerprint density at radius 2 is 2.00 bits per heavy atom. The zero-order valence-corrected chi connectivity index (χ0v) is 7.49. The van der Waals surface area contributed by atoms with Gasteiger partial charge in [0.25, 0.3) is 0 Å². The zero-order chi connectivity index (χ0) is 9.56. The maximum atomic E-state index is 10.8. The van der Waals surface area contributed by atoms with Crippen molar-refractivity contribution in [3.8, 4) is 0 Å². The van der Waals surface area contributed by atoms with Crippen LogP contribution in [0.2, 0.25) is 0 Å². The van der Waals surface area contributed by atoms with Crippen LogP contribution in [-0.2, 0) is 9.53 Å². The molecule has 4 nitrogen and oxygen atoms in total. The van der Waals surface area contributed by atoms with Gasteiger partial charge in [0.2, 0.25) is 0 Å². The Bertz CT molecular complexity index is 135. The number of ether oxygens (including phenoxy) is 1. The van der Waals surface area contributed by atoms with Crippen LogP contribution in [0.15, 0.2) is 0 Å². The third-order valence-electron chi connectivity index (χ3n) is 1.48. The van der Waals surface area contributed by atoms with Gasteiger partial charge in [0.15, 0.2) is 6.10 Å². The number of carbonyl (C=O) groups is 1. The summed E-state index contributed by atoms with van der Waals surface area (Å²) >= 11 is 0. The quantitative estimate of drug-likeness (QED) is 0.582. The van der Waals surface area contributed by atoms with Gasteiger partial charge in [-0.3, -0.25) is 0 Å². The highest BCUT2D eigenvalue weighted by Gasteiger charge is 2.24. The summed E-state index contributed by atoms with van der Waals surface area (Å²) in [6.45, 7) is 3.73. The number of carbonyl (C=O) groups excluding carboxylic acids is 1. The van der Waals surface area contributed by atoms with Crippen molar-refractivity contribution in [1.82, 2.24) is 0 Å². The molecule has 0 spiro atoms. The fourth-order valence-corrected chi connectivity index (χ4v) is 0.838. The van der Waals surface area contributed by atoms with E-state index in [-0.39, 0.29) is 6.61 Å². The number of hydrogen-bond donors (Lipinski definition) is 2. The molecule has 0 saturated heterocycles. The van der Waals surface area contributed by atoms with E-state index >= 15 is 0 Å². The molecule has 0 aliphatic heterocycles. The minimum Gasteiger partial charge on any atom is -0.464 e. The van der Waals surface area contributed by atoms with Gasteiger partial charge in [-0.2, -0.15) is 0 Å². The fourth-order valence-electron chi connectivity index (χ4n) is 0.838. The number of rotatable bonds is 5. The standard InChI is InChI=1S/C8H16O4/c1-3-5-6(9)7(10)8(11)12-4-2/h6-7,9-10H,3-5H2,1-2H3/t6-,7+/m1/s1. The summed E-state index contributed by atoms with van der Waals surface area (Å²) in [7, 11) is 0. The lowest BCUT2D eigenvalue weighted by atomic mass is 10.1. The third-order valence-corrected chi connectivity index (χ3v) is 1.48. The highest BCUT2D eigenvalue weighted by molar-refractivity contribution is 5.75. The van der Waals surface area contributed by atoms with E-state index in [1.54, 1.807) is 6.92 Å². The molecule has 0 aromatic rings. The highest BCUT2D eigenvalue weighted by Crippen LogP contribution is 2.03. The molecule has 12 heavy (non-hydrogen) atoms. The molecule has 0 bridgehead atoms. The molecule has 0 aliphatic carbocycles. The maximum Gasteiger partial charge on any atom is 0.337 e. The van der Waals surface area contributed by atoms with Crippen molar-refractivity contribution in [2.24, 2.45) is 0 Å². The van der Waals surface area contributed by atoms with Crippen LogP contribution in [0.5, 0.6) is 0 Å². The normalized spacial score (nSPS) is 15.3. The minimum atomic E-state index is -1.40. The number of aliphatic hydroxyl groups is 2. The largest absolute Gasteiger partial charge is 0.464 e. The first kappa shape index (κ1) is 11.4. The Morgan fingerprint density at radius 1 is 1.42 bits per heavy atom. The molecule has 0 aliphatic rings. The van der Waals surface area contributed by atoms with Gasteiger partial charge in [0.05, 0.1) is 12.7 Å². The predicted molar refractivity (Wildman–Crippen MR) is 43.6 cm³/mol. The van der Waals surface area contributed by atoms with Crippen molar-refractivity contribution < 1.29 is 19.7 Å². The van der Waals surface area contributed by atoms with Crippen LogP contribution < -0.4 is 0 Å². The van der Waals surface area contributed by atoms with E-state index in [0.29, 0.717) is 6.42 Å². The van der Waals surface area contributed by atoms with Crippen molar-refractivity contribution in [3.05, 3.63) is 0 Å². The number of aliphatic hydroxyl groups excluding tert-OH is 2. The van der Waals surface area contributed by atoms with Crippen LogP contribution in [0.25, 0.3) is 0 Å². The van der Waals surface area contributed by atoms with E-state index in [1.807, 2.05) is 6.92 Å². The van der Waals surface area contributed by atoms with Gasteiger partial charge >= 0.3 is 5.97 Å². The van der Waals surface area contributed by atoms with Crippen LogP contribution in [0, 0.1) is 0 Å². The summed E-state index contributed by atoms with van der Waals surface area (Å²) < 4.78 is 4.52. The second-order valence-electron chi connectivity index (χ2n) is 2.55. The van der Waals surface area contributed by atoms with E-state index in [4.69, 9.17) is 10.2 Å². The Hall–Kier alpha value is -0.610. The maximum absolute atomic E-state index is 10.8. The van der Waals surface area contributed by atoms with E-state index in [0.717, 1.165) is 6.42 Å². The van der Waals surface area contributed by atoms with Crippen molar-refractivity contribution in [1.29, 1.82) is 0 Å². The fraction of sp³-hybridized carbons (Fsp3) is 0.875. The van der Waals surface area contributed by atoms with Crippen molar-refractivity contribution in [3.63, 3.8) is 0 Å². The molecule has 0 rings (SSSR count). The lowest BCUT2D eigenvalue weighted by Crippen LogP contribution is -2.35. The average molecular weight is 176 g/mol. The van der Waals surface area contributed by atoms with Gasteiger partial charge in [-0.1, -0.05) is 13.3 Å². The second kappa shape index (κ2) is 5.97. The van der Waals surface area contributed by atoms with Gasteiger partial charge in [-0.05, 0) is 13.3 Å². The van der Waals surface area contributed by atoms with Crippen molar-refractivity contribution >= 4 is 5.97 Å². The molecule has 0 amide bonds. The summed E-state index contributed by atoms with van der Waals surface area (Å²) in [6.07, 6.45) is -1.28. The Morgan fingerprint density at radius 3 is 2.42 bits per heavy atom. The van der Waals surface area contributed by atoms with Gasteiger partial charge in [-0.25, -0.2) is 4.79 Å². The van der Waals surface area contributed by atoms with Crippen LogP contribution in [-0.4, -0.2) is 35.0 Å². The molecular weight excluding hydrogens is 160 g/mol. The number of esters is 1. The Kier molecular flexibility index (Phi) is 5.66. The van der Waals surface area contributed by atoms with E-state index in [1.165, 1.54) is 0 Å². The molecule has 0 aromatic carbocycles. The summed E-state index contributed by atoms with van der Waals surface area (Å²) in [5.41, 5.74) is 0. The first-order chi connectivity index (χ1) is 5.63. The molecule has 0 aromatic heterocycles. The van der Waals surface area contributed by atoms with Crippen LogP contribution >= 0.6 is 0 Å². The van der Waals surface area contributed by atoms with Crippen molar-refractivity contribution in [2.75, 3.05) is 6.61 Å². The summed E-state index contributed by atoms with van der Waals surface area (Å²) in [5, 5.41) is 18.3. The SMILES string of the molecule is CCC[C@@H](O)[C@H](O)C(=O)OCC. The molecule has 0 unspecified atom stereocenters. The van der Waals surface area contributed by atoms with E-state index in [2.05, 4.69) is 4.74 Å². The van der Waals surface area contributed by atoms with Gasteiger partial charge < -0.3 is 14.9 Å². The van der Waals surface area contributed by atoms with Gasteiger partial charge in [0, 0.05) is 0 Å². The summed E-state index contributed by atoms with van der Waals surface area (Å²) in [4.78, 5) is 10.8. The van der Waals surface area contributed by atoms with Gasteiger partial charge in [0.1, 0.15) is 0 Å². The molecule has 4 heteroatoms. The third kappa shape index (κ3) is 3.69. The minimum absolute atomic E-state index is 0.217. The molecule has 0 fully saturated rings. The predicted octanol–water partition coefficient (Wildman–Crippen LogP) is 0.0714. The van der Waals surface area contributed by atoms with Gasteiger partial charge in [-0.15, -0.1) is 0 Å². The monoisotopic (exact) mass is 176 g/mol. The molecule has 0 heterocycles. The van der Waals surface area contributed by atoms with E-state index in [9.17, 15) is 4.79 Å². The highest BCUT2D eigenvalue weighted by atomic mass is 16.5. The first-order valence-corrected chi connectivity index (χ1v) is 4.16. The Balaban J connectivity index is 3.82. The second-order valence-corrected chi connectivity index (χ2v) is 2.55. The lowest BCUT2D eigenvalue weighted by molar-refractivity contribution is -0.159. The zero-order valence-electron chi connectivity index (χ0n) is 7.49. The first-order valence-electron chi connectivity index (χ1n) is 4.16. The van der Waals surface area contributed by atoms with Crippen LogP contribution in [0.1, 0.15) is 26.7 Å². The summed E-state index contributed by atoms with van der Waals surface area (Å²) in [6, 6.07) is 0. The number of hydrogen-bond acceptors (Lipinski definition) is 4. The molecule has 2 N–H and O–H groups in total. The Labute approximate surface area is 72.2 Å². The molecule has 2 atom stereocenters.